The summed E-state index contributed by atoms with van der Waals surface area (Å²) >= 11 is 9.75. The van der Waals surface area contributed by atoms with Gasteiger partial charge in [0.25, 0.3) is 11.8 Å². The van der Waals surface area contributed by atoms with Crippen LogP contribution in [0.1, 0.15) is 45.0 Å². The summed E-state index contributed by atoms with van der Waals surface area (Å²) in [5, 5.41) is 3.40. The quantitative estimate of drug-likeness (QED) is 0.379. The molecule has 0 radical (unpaired) electrons. The molecule has 3 aromatic carbocycles. The standard InChI is InChI=1S/C29H29BrClN3O4/c1-33(2)27(35)15-19-14-22(38-3)17-34(26-13-10-20(31)16-24(19)26)29(37)18-8-11-21(12-9-18)32-28(36)23-6-4-5-7-25(23)30/h4-13,16,19,22H,14-15,17H2,1-3H3,(H,32,36). The van der Waals surface area contributed by atoms with Gasteiger partial charge in [-0.2, -0.15) is 0 Å². The fourth-order valence-electron chi connectivity index (χ4n) is 4.56. The Morgan fingerprint density at radius 3 is 2.45 bits per heavy atom. The number of nitrogens with one attached hydrogen (secondary N) is 1. The molecule has 38 heavy (non-hydrogen) atoms. The number of benzene rings is 3. The fraction of sp³-hybridized carbons (Fsp3) is 0.276. The van der Waals surface area contributed by atoms with Gasteiger partial charge in [-0.1, -0.05) is 23.7 Å². The third-order valence-corrected chi connectivity index (χ3v) is 7.59. The van der Waals surface area contributed by atoms with E-state index < -0.39 is 0 Å². The Balaban J connectivity index is 1.61. The Labute approximate surface area is 235 Å². The van der Waals surface area contributed by atoms with Crippen molar-refractivity contribution in [2.24, 2.45) is 0 Å². The van der Waals surface area contributed by atoms with Gasteiger partial charge in [-0.25, -0.2) is 0 Å². The Bertz CT molecular complexity index is 1350. The summed E-state index contributed by atoms with van der Waals surface area (Å²) in [4.78, 5) is 42.3. The minimum Gasteiger partial charge on any atom is -0.380 e. The van der Waals surface area contributed by atoms with Gasteiger partial charge in [0, 0.05) is 54.1 Å². The summed E-state index contributed by atoms with van der Waals surface area (Å²) in [7, 11) is 5.07. The molecule has 1 aliphatic heterocycles. The molecule has 0 aliphatic carbocycles. The molecule has 1 heterocycles. The van der Waals surface area contributed by atoms with E-state index in [1.165, 1.54) is 0 Å². The molecule has 1 N–H and O–H groups in total. The largest absolute Gasteiger partial charge is 0.380 e. The van der Waals surface area contributed by atoms with Crippen molar-refractivity contribution in [3.8, 4) is 0 Å². The first-order valence-electron chi connectivity index (χ1n) is 12.2. The zero-order valence-electron chi connectivity index (χ0n) is 21.4. The summed E-state index contributed by atoms with van der Waals surface area (Å²) in [6.07, 6.45) is 0.592. The molecule has 0 spiro atoms. The van der Waals surface area contributed by atoms with Gasteiger partial charge in [0.15, 0.2) is 0 Å². The van der Waals surface area contributed by atoms with Crippen molar-refractivity contribution < 1.29 is 19.1 Å². The van der Waals surface area contributed by atoms with Crippen molar-refractivity contribution in [1.29, 1.82) is 0 Å². The van der Waals surface area contributed by atoms with Crippen molar-refractivity contribution in [3.05, 3.63) is 92.9 Å². The molecule has 2 atom stereocenters. The molecule has 7 nitrogen and oxygen atoms in total. The summed E-state index contributed by atoms with van der Waals surface area (Å²) < 4.78 is 6.43. The van der Waals surface area contributed by atoms with Gasteiger partial charge in [0.1, 0.15) is 0 Å². The monoisotopic (exact) mass is 597 g/mol. The highest BCUT2D eigenvalue weighted by atomic mass is 79.9. The summed E-state index contributed by atoms with van der Waals surface area (Å²) in [5.74, 6) is -0.623. The fourth-order valence-corrected chi connectivity index (χ4v) is 5.21. The number of methoxy groups -OCH3 is 1. The lowest BCUT2D eigenvalue weighted by atomic mass is 9.89. The molecule has 0 saturated heterocycles. The number of rotatable bonds is 6. The van der Waals surface area contributed by atoms with Crippen molar-refractivity contribution >= 4 is 56.6 Å². The van der Waals surface area contributed by atoms with Gasteiger partial charge >= 0.3 is 0 Å². The Morgan fingerprint density at radius 1 is 1.08 bits per heavy atom. The number of amides is 3. The van der Waals surface area contributed by atoms with Crippen LogP contribution in [0.15, 0.2) is 71.2 Å². The molecule has 0 aromatic heterocycles. The highest BCUT2D eigenvalue weighted by Crippen LogP contribution is 2.39. The first-order chi connectivity index (χ1) is 18.2. The maximum atomic E-state index is 13.8. The Kier molecular flexibility index (Phi) is 8.87. The SMILES string of the molecule is COC1CC(CC(=O)N(C)C)c2cc(Cl)ccc2N(C(=O)c2ccc(NC(=O)c3ccccc3Br)cc2)C1. The summed E-state index contributed by atoms with van der Waals surface area (Å²) in [6.45, 7) is 0.330. The van der Waals surface area contributed by atoms with E-state index in [4.69, 9.17) is 16.3 Å². The normalized spacial score (nSPS) is 16.8. The van der Waals surface area contributed by atoms with Gasteiger partial charge in [-0.15, -0.1) is 0 Å². The molecular formula is C29H29BrClN3O4. The van der Waals surface area contributed by atoms with Crippen LogP contribution in [-0.2, 0) is 9.53 Å². The average Bonchev–Trinajstić information content (AvgIpc) is 3.05. The van der Waals surface area contributed by atoms with Crippen LogP contribution < -0.4 is 10.2 Å². The third kappa shape index (κ3) is 6.26. The van der Waals surface area contributed by atoms with E-state index in [1.54, 1.807) is 79.5 Å². The third-order valence-electron chi connectivity index (χ3n) is 6.66. The van der Waals surface area contributed by atoms with E-state index in [0.717, 1.165) is 5.56 Å². The van der Waals surface area contributed by atoms with Gasteiger partial charge < -0.3 is 19.9 Å². The minimum atomic E-state index is -0.270. The molecule has 9 heteroatoms. The second-order valence-electron chi connectivity index (χ2n) is 9.41. The van der Waals surface area contributed by atoms with Crippen LogP contribution in [0.4, 0.5) is 11.4 Å². The maximum Gasteiger partial charge on any atom is 0.258 e. The van der Waals surface area contributed by atoms with Crippen molar-refractivity contribution in [2.45, 2.75) is 24.9 Å². The molecular weight excluding hydrogens is 570 g/mol. The van der Waals surface area contributed by atoms with Gasteiger partial charge in [0.2, 0.25) is 5.91 Å². The van der Waals surface area contributed by atoms with Crippen LogP contribution in [0.2, 0.25) is 5.02 Å². The van der Waals surface area contributed by atoms with Gasteiger partial charge in [-0.05, 0) is 88.4 Å². The lowest BCUT2D eigenvalue weighted by Gasteiger charge is -2.26. The highest BCUT2D eigenvalue weighted by molar-refractivity contribution is 9.10. The molecule has 0 fully saturated rings. The van der Waals surface area contributed by atoms with E-state index in [0.29, 0.717) is 45.0 Å². The van der Waals surface area contributed by atoms with E-state index in [2.05, 4.69) is 21.2 Å². The second-order valence-corrected chi connectivity index (χ2v) is 10.7. The van der Waals surface area contributed by atoms with Crippen LogP contribution >= 0.6 is 27.5 Å². The van der Waals surface area contributed by atoms with E-state index in [1.807, 2.05) is 18.2 Å². The van der Waals surface area contributed by atoms with E-state index in [-0.39, 0.29) is 36.2 Å². The first-order valence-corrected chi connectivity index (χ1v) is 13.3. The molecule has 3 aromatic rings. The number of anilines is 2. The first kappa shape index (κ1) is 27.8. The van der Waals surface area contributed by atoms with E-state index in [9.17, 15) is 14.4 Å². The summed E-state index contributed by atoms with van der Waals surface area (Å²) in [6, 6.07) is 19.4. The van der Waals surface area contributed by atoms with Crippen LogP contribution in [0, 0.1) is 0 Å². The van der Waals surface area contributed by atoms with Crippen molar-refractivity contribution in [1.82, 2.24) is 4.90 Å². The predicted octanol–water partition coefficient (Wildman–Crippen LogP) is 5.98. The zero-order valence-corrected chi connectivity index (χ0v) is 23.8. The predicted molar refractivity (Wildman–Crippen MR) is 153 cm³/mol. The Hall–Kier alpha value is -3.20. The summed E-state index contributed by atoms with van der Waals surface area (Å²) in [5.41, 5.74) is 3.10. The van der Waals surface area contributed by atoms with Crippen molar-refractivity contribution in [3.63, 3.8) is 0 Å². The smallest absolute Gasteiger partial charge is 0.258 e. The number of nitrogens with zero attached hydrogens (tertiary/aromatic N) is 2. The van der Waals surface area contributed by atoms with Gasteiger partial charge in [0.05, 0.1) is 18.2 Å². The van der Waals surface area contributed by atoms with Crippen LogP contribution in [0.5, 0.6) is 0 Å². The highest BCUT2D eigenvalue weighted by Gasteiger charge is 2.33. The molecule has 1 aliphatic rings. The number of halogens is 2. The minimum absolute atomic E-state index is 0.00396. The average molecular weight is 599 g/mol. The molecule has 2 unspecified atom stereocenters. The lowest BCUT2D eigenvalue weighted by molar-refractivity contribution is -0.129. The number of carbonyl (C=O) groups excluding carboxylic acids is 3. The topological polar surface area (TPSA) is 79.0 Å². The number of fused-ring (bicyclic) bond motifs is 1. The maximum absolute atomic E-state index is 13.8. The number of hydrogen-bond donors (Lipinski definition) is 1. The zero-order chi connectivity index (χ0) is 27.4. The van der Waals surface area contributed by atoms with Gasteiger partial charge in [-0.3, -0.25) is 14.4 Å². The van der Waals surface area contributed by atoms with Crippen molar-refractivity contribution in [2.75, 3.05) is 38.0 Å². The molecule has 3 amide bonds. The molecule has 0 saturated carbocycles. The molecule has 0 bridgehead atoms. The van der Waals surface area contributed by atoms with Crippen LogP contribution in [0.3, 0.4) is 0 Å². The van der Waals surface area contributed by atoms with Crippen LogP contribution in [0.25, 0.3) is 0 Å². The Morgan fingerprint density at radius 2 is 1.79 bits per heavy atom. The second kappa shape index (κ2) is 12.1. The molecule has 4 rings (SSSR count). The molecule has 198 valence electrons. The van der Waals surface area contributed by atoms with Crippen LogP contribution in [-0.4, -0.2) is 56.5 Å². The number of carbonyl (C=O) groups is 3. The van der Waals surface area contributed by atoms with E-state index >= 15 is 0 Å². The number of hydrogen-bond acceptors (Lipinski definition) is 4. The lowest BCUT2D eigenvalue weighted by Crippen LogP contribution is -2.37. The number of ether oxygens (including phenoxy) is 1.